The monoisotopic (exact) mass is 1550 g/mol. The van der Waals surface area contributed by atoms with Crippen molar-refractivity contribution in [3.8, 4) is 5.75 Å². The number of carbonyl (C=O) groups is 15. The second kappa shape index (κ2) is 45.0. The number of hydrogen-bond donors (Lipinski definition) is 21. The fourth-order valence-corrected chi connectivity index (χ4v) is 11.6. The Morgan fingerprint density at radius 2 is 1.09 bits per heavy atom. The number of rotatable bonds is 46. The third kappa shape index (κ3) is 29.6. The lowest BCUT2D eigenvalue weighted by molar-refractivity contribution is -0.143. The van der Waals surface area contributed by atoms with E-state index in [0.717, 1.165) is 0 Å². The molecule has 1 aromatic heterocycles. The number of aromatic hydroxyl groups is 1. The average Bonchev–Trinajstić information content (AvgIpc) is 1.82. The van der Waals surface area contributed by atoms with E-state index in [-0.39, 0.29) is 87.8 Å². The number of H-pyrrole nitrogens is 1. The number of carboxylic acid groups (broad SMARTS) is 2. The second-order valence-electron chi connectivity index (χ2n) is 27.0. The molecule has 0 radical (unpaired) electrons. The minimum Gasteiger partial charge on any atom is -0.508 e. The predicted octanol–water partition coefficient (Wildman–Crippen LogP) is -4.64. The Hall–Kier alpha value is -11.0. The van der Waals surface area contributed by atoms with Crippen LogP contribution in [-0.4, -0.2) is 234 Å². The first-order chi connectivity index (χ1) is 51.5. The molecule has 2 heterocycles. The lowest BCUT2D eigenvalue weighted by Crippen LogP contribution is -2.62. The number of likely N-dealkylation sites (tertiary alicyclic amines) is 1. The van der Waals surface area contributed by atoms with Crippen LogP contribution in [0.4, 0.5) is 0 Å². The zero-order chi connectivity index (χ0) is 81.4. The molecule has 24 N–H and O–H groups in total. The molecule has 1 aliphatic heterocycles. The van der Waals surface area contributed by atoms with E-state index in [0.29, 0.717) is 23.2 Å². The van der Waals surface area contributed by atoms with Crippen molar-refractivity contribution < 1.29 is 92.3 Å². The number of aromatic amines is 1. The molecule has 0 aliphatic carbocycles. The van der Waals surface area contributed by atoms with Gasteiger partial charge in [-0.05, 0) is 80.0 Å². The maximum absolute atomic E-state index is 14.9. The predicted molar refractivity (Wildman–Crippen MR) is 397 cm³/mol. The maximum Gasteiger partial charge on any atom is 0.326 e. The molecular formula is C70H105N19O19S. The number of aliphatic imine (C=N–C) groups is 1. The van der Waals surface area contributed by atoms with Crippen molar-refractivity contribution in [2.45, 2.75) is 204 Å². The largest absolute Gasteiger partial charge is 0.508 e. The normalized spacial score (nSPS) is 16.4. The quantitative estimate of drug-likeness (QED) is 0.0109. The van der Waals surface area contributed by atoms with E-state index in [4.69, 9.17) is 22.9 Å². The molecule has 1 aliphatic rings. The number of hydrogen-bond acceptors (Lipinski definition) is 21. The number of nitrogens with zero attached hydrogens (tertiary/aromatic N) is 3. The molecular weight excluding hydrogens is 1440 g/mol. The van der Waals surface area contributed by atoms with Gasteiger partial charge < -0.3 is 112 Å². The lowest BCUT2D eigenvalue weighted by Gasteiger charge is -2.32. The van der Waals surface area contributed by atoms with Crippen molar-refractivity contribution in [2.24, 2.45) is 45.7 Å². The molecule has 0 spiro atoms. The van der Waals surface area contributed by atoms with Crippen LogP contribution in [-0.2, 0) is 91.2 Å². The number of nitrogens with two attached hydrogens (primary N) is 4. The van der Waals surface area contributed by atoms with Gasteiger partial charge in [-0.2, -0.15) is 12.6 Å². The number of aliphatic hydroxyl groups excluding tert-OH is 1. The molecule has 39 heteroatoms. The number of aliphatic hydroxyl groups is 1. The fraction of sp³-hybridized carbons (Fsp3) is 0.557. The smallest absolute Gasteiger partial charge is 0.326 e. The number of guanidine groups is 1. The summed E-state index contributed by atoms with van der Waals surface area (Å²) < 4.78 is 0. The van der Waals surface area contributed by atoms with E-state index in [1.54, 1.807) is 71.9 Å². The van der Waals surface area contributed by atoms with Gasteiger partial charge in [-0.15, -0.1) is 0 Å². The van der Waals surface area contributed by atoms with Gasteiger partial charge in [0.1, 0.15) is 78.3 Å². The fourth-order valence-electron chi connectivity index (χ4n) is 11.3. The Labute approximate surface area is 635 Å². The average molecular weight is 1550 g/mol. The summed E-state index contributed by atoms with van der Waals surface area (Å²) in [7, 11) is 0. The Bertz CT molecular complexity index is 3650. The minimum absolute atomic E-state index is 0.0271. The zero-order valence-corrected chi connectivity index (χ0v) is 62.8. The first-order valence-corrected chi connectivity index (χ1v) is 36.3. The first-order valence-electron chi connectivity index (χ1n) is 35.7. The minimum atomic E-state index is -2.00. The lowest BCUT2D eigenvalue weighted by atomic mass is 9.96. The molecule has 2 aromatic carbocycles. The topological polar surface area (TPSA) is 618 Å². The summed E-state index contributed by atoms with van der Waals surface area (Å²) >= 11 is 4.18. The Kier molecular flexibility index (Phi) is 37.3. The number of amides is 13. The summed E-state index contributed by atoms with van der Waals surface area (Å²) in [6.07, 6.45) is 0.699. The van der Waals surface area contributed by atoms with Crippen molar-refractivity contribution in [2.75, 3.05) is 25.4 Å². The third-order valence-electron chi connectivity index (χ3n) is 18.2. The Balaban J connectivity index is 1.54. The molecule has 600 valence electrons. The van der Waals surface area contributed by atoms with Gasteiger partial charge in [-0.25, -0.2) is 9.78 Å². The van der Waals surface area contributed by atoms with Gasteiger partial charge >= 0.3 is 11.9 Å². The van der Waals surface area contributed by atoms with E-state index >= 15 is 0 Å². The summed E-state index contributed by atoms with van der Waals surface area (Å²) in [5.41, 5.74) is 23.4. The summed E-state index contributed by atoms with van der Waals surface area (Å²) in [6, 6.07) is -5.72. The highest BCUT2D eigenvalue weighted by Gasteiger charge is 2.42. The van der Waals surface area contributed by atoms with E-state index in [9.17, 15) is 92.3 Å². The van der Waals surface area contributed by atoms with E-state index < -0.39 is 205 Å². The standard InChI is InChI=1S/C70H105N19O19S/c1-8-36(5)55(66(104)80-44(69(107)108)17-13-25-76-70(73)74)87-61(99)46(29-41-31-75-34-77-41)82-62(100)49(32-90)85-67(105)56(37(6)9-2)88-64(102)51-18-14-26-89(51)68(106)48(28-39-15-11-10-12-16-39)84-57(95)38(7)78-58(96)43(23-24-52(71)92)79-60(98)47(30-53(93)94)83-59(97)45(27-40-19-21-42(91)22-20-40)81-63(101)50(33-109)86-65(103)54(72)35(3)4/h10-12,15-16,19-22,31,34-38,43-51,54-56,90-91,109H,8-9,13-14,17-18,23-30,32-33,72H2,1-7H3,(H2,71,92)(H,75,77)(H,78,96)(H,79,98)(H,80,104)(H,81,101)(H,82,100)(H,83,97)(H,84,95)(H,85,105)(H,86,103)(H,87,99)(H,88,102)(H,93,94)(H,107,108)(H4,73,74,76)/t36-,37-,38-,43-,44-,45-,46-,47-,48-,49-,50-,51-,54-,55-,56-/m0/s1. The van der Waals surface area contributed by atoms with Crippen molar-refractivity contribution in [1.82, 2.24) is 73.4 Å². The van der Waals surface area contributed by atoms with Crippen LogP contribution in [0.25, 0.3) is 0 Å². The number of benzene rings is 2. The first kappa shape index (κ1) is 90.4. The van der Waals surface area contributed by atoms with E-state index in [1.165, 1.54) is 48.6 Å². The SMILES string of the molecule is CC[C@H](C)[C@H](NC(=O)[C@H](Cc1cnc[nH]1)NC(=O)[C@H](CO)NC(=O)[C@@H](NC(=O)[C@@H]1CCCN1C(=O)[C@H](Cc1ccccc1)NC(=O)[C@H](C)NC(=O)[C@H](CCC(N)=O)NC(=O)[C@H](CC(=O)O)NC(=O)[C@H](Cc1ccc(O)cc1)NC(=O)[C@H](CS)NC(=O)[C@@H](N)C(C)C)[C@@H](C)CC)C(=O)N[C@@H](CCCN=C(N)N)C(=O)O. The van der Waals surface area contributed by atoms with Gasteiger partial charge in [0.15, 0.2) is 5.96 Å². The number of aromatic nitrogens is 2. The molecule has 0 bridgehead atoms. The number of thiol groups is 1. The van der Waals surface area contributed by atoms with Crippen molar-refractivity contribution >= 4 is 107 Å². The summed E-state index contributed by atoms with van der Waals surface area (Å²) in [6.45, 7) is 10.3. The number of primary amides is 1. The number of imidazole rings is 1. The van der Waals surface area contributed by atoms with Gasteiger partial charge in [-0.1, -0.05) is 96.8 Å². The second-order valence-corrected chi connectivity index (χ2v) is 27.4. The maximum atomic E-state index is 14.9. The molecule has 1 saturated heterocycles. The van der Waals surface area contributed by atoms with E-state index in [1.807, 2.05) is 0 Å². The van der Waals surface area contributed by atoms with Crippen LogP contribution in [0.5, 0.6) is 5.75 Å². The van der Waals surface area contributed by atoms with Gasteiger partial charge in [0.2, 0.25) is 76.8 Å². The summed E-state index contributed by atoms with van der Waals surface area (Å²) in [5.74, 6) is -17.7. The highest BCUT2D eigenvalue weighted by Crippen LogP contribution is 2.22. The molecule has 0 saturated carbocycles. The highest BCUT2D eigenvalue weighted by molar-refractivity contribution is 7.80. The molecule has 0 unspecified atom stereocenters. The van der Waals surface area contributed by atoms with E-state index in [2.05, 4.69) is 86.1 Å². The number of carbonyl (C=O) groups excluding carboxylic acids is 13. The van der Waals surface area contributed by atoms with Crippen LogP contribution in [0.2, 0.25) is 0 Å². The molecule has 109 heavy (non-hydrogen) atoms. The van der Waals surface area contributed by atoms with Gasteiger partial charge in [-0.3, -0.25) is 72.1 Å². The molecule has 38 nitrogen and oxygen atoms in total. The van der Waals surface area contributed by atoms with Crippen molar-refractivity contribution in [3.05, 3.63) is 83.9 Å². The molecule has 3 aromatic rings. The van der Waals surface area contributed by atoms with Crippen LogP contribution < -0.4 is 81.4 Å². The Morgan fingerprint density at radius 3 is 1.64 bits per heavy atom. The third-order valence-corrected chi connectivity index (χ3v) is 18.6. The van der Waals surface area contributed by atoms with Gasteiger partial charge in [0.25, 0.3) is 0 Å². The summed E-state index contributed by atoms with van der Waals surface area (Å²) in [5, 5.41) is 67.8. The van der Waals surface area contributed by atoms with Crippen LogP contribution in [0.1, 0.15) is 123 Å². The van der Waals surface area contributed by atoms with Gasteiger partial charge in [0.05, 0.1) is 25.4 Å². The molecule has 13 amide bonds. The van der Waals surface area contributed by atoms with Gasteiger partial charge in [0, 0.05) is 56.4 Å². The van der Waals surface area contributed by atoms with Crippen LogP contribution in [0.3, 0.4) is 0 Å². The number of carboxylic acids is 2. The Morgan fingerprint density at radius 1 is 0.587 bits per heavy atom. The number of phenols is 1. The van der Waals surface area contributed by atoms with Crippen LogP contribution >= 0.6 is 12.6 Å². The van der Waals surface area contributed by atoms with Crippen molar-refractivity contribution in [1.29, 1.82) is 0 Å². The molecule has 15 atom stereocenters. The number of nitrogens with one attached hydrogen (secondary N) is 12. The van der Waals surface area contributed by atoms with Crippen molar-refractivity contribution in [3.63, 3.8) is 0 Å². The molecule has 4 rings (SSSR count). The number of phenolic OH excluding ortho intramolecular Hbond substituents is 1. The van der Waals surface area contributed by atoms with Crippen LogP contribution in [0.15, 0.2) is 72.1 Å². The zero-order valence-electron chi connectivity index (χ0n) is 61.9. The number of aliphatic carboxylic acids is 2. The highest BCUT2D eigenvalue weighted by atomic mass is 32.1. The summed E-state index contributed by atoms with van der Waals surface area (Å²) in [4.78, 5) is 218. The molecule has 1 fully saturated rings. The van der Waals surface area contributed by atoms with Crippen LogP contribution in [0, 0.1) is 17.8 Å².